The summed E-state index contributed by atoms with van der Waals surface area (Å²) < 4.78 is 0. The van der Waals surface area contributed by atoms with Gasteiger partial charge in [0.25, 0.3) is 11.8 Å². The molecule has 27 heavy (non-hydrogen) atoms. The van der Waals surface area contributed by atoms with Gasteiger partial charge in [0.1, 0.15) is 0 Å². The maximum Gasteiger partial charge on any atom is 0.261 e. The van der Waals surface area contributed by atoms with E-state index in [-0.39, 0.29) is 17.7 Å². The topological polar surface area (TPSA) is 66.5 Å². The molecule has 3 rings (SSSR count). The fraction of sp³-hybridized carbons (Fsp3) is 0.571. The summed E-state index contributed by atoms with van der Waals surface area (Å²) in [6.07, 6.45) is 6.42. The number of nitrogens with one attached hydrogen (secondary N) is 1. The van der Waals surface area contributed by atoms with Crippen LogP contribution in [0.5, 0.6) is 0 Å². The van der Waals surface area contributed by atoms with Gasteiger partial charge in [-0.05, 0) is 49.5 Å². The van der Waals surface area contributed by atoms with Crippen molar-refractivity contribution in [3.8, 4) is 0 Å². The fourth-order valence-electron chi connectivity index (χ4n) is 3.86. The van der Waals surface area contributed by atoms with E-state index < -0.39 is 0 Å². The van der Waals surface area contributed by atoms with Crippen LogP contribution in [0.4, 0.5) is 0 Å². The Morgan fingerprint density at radius 2 is 1.78 bits per heavy atom. The molecule has 1 aromatic carbocycles. The Morgan fingerprint density at radius 3 is 2.44 bits per heavy atom. The van der Waals surface area contributed by atoms with E-state index in [2.05, 4.69) is 12.2 Å². The highest BCUT2D eigenvalue weighted by Crippen LogP contribution is 2.24. The number of unbranched alkanes of at least 4 members (excludes halogenated alkanes) is 1. The summed E-state index contributed by atoms with van der Waals surface area (Å²) in [6, 6.07) is 7.31. The number of rotatable bonds is 8. The van der Waals surface area contributed by atoms with Crippen molar-refractivity contribution >= 4 is 29.5 Å². The summed E-state index contributed by atoms with van der Waals surface area (Å²) >= 11 is 1.62. The van der Waals surface area contributed by atoms with Gasteiger partial charge in [0.05, 0.1) is 16.9 Å². The molecule has 5 nitrogen and oxygen atoms in total. The monoisotopic (exact) mass is 388 g/mol. The molecular weight excluding hydrogens is 360 g/mol. The Bertz CT molecular complexity index is 671. The molecule has 6 heteroatoms. The van der Waals surface area contributed by atoms with Crippen molar-refractivity contribution in [1.82, 2.24) is 10.2 Å². The van der Waals surface area contributed by atoms with Crippen LogP contribution in [0.2, 0.25) is 0 Å². The van der Waals surface area contributed by atoms with Gasteiger partial charge < -0.3 is 5.32 Å². The summed E-state index contributed by atoms with van der Waals surface area (Å²) in [5.41, 5.74) is 1.01. The Balaban J connectivity index is 1.30. The lowest BCUT2D eigenvalue weighted by atomic mass is 9.86. The zero-order chi connectivity index (χ0) is 19.2. The van der Waals surface area contributed by atoms with E-state index >= 15 is 0 Å². The van der Waals surface area contributed by atoms with Crippen molar-refractivity contribution in [3.63, 3.8) is 0 Å². The maximum absolute atomic E-state index is 12.3. The number of amides is 3. The van der Waals surface area contributed by atoms with Crippen LogP contribution in [0.25, 0.3) is 0 Å². The number of carbonyl (C=O) groups excluding carboxylic acids is 3. The molecular formula is C21H28N2O3S. The molecule has 0 radical (unpaired) electrons. The molecule has 2 atom stereocenters. The minimum atomic E-state index is -0.191. The maximum atomic E-state index is 12.3. The minimum Gasteiger partial charge on any atom is -0.352 e. The quantitative estimate of drug-likeness (QED) is 0.547. The second-order valence-electron chi connectivity index (χ2n) is 7.50. The Kier molecular flexibility index (Phi) is 6.94. The molecule has 2 aliphatic rings. The van der Waals surface area contributed by atoms with Gasteiger partial charge >= 0.3 is 0 Å². The van der Waals surface area contributed by atoms with Crippen LogP contribution >= 0.6 is 11.8 Å². The average molecular weight is 389 g/mol. The molecule has 1 aliphatic carbocycles. The summed E-state index contributed by atoms with van der Waals surface area (Å²) in [4.78, 5) is 38.0. The van der Waals surface area contributed by atoms with E-state index in [1.807, 2.05) is 0 Å². The zero-order valence-corrected chi connectivity index (χ0v) is 16.7. The van der Waals surface area contributed by atoms with Crippen molar-refractivity contribution in [2.45, 2.75) is 51.5 Å². The van der Waals surface area contributed by atoms with Gasteiger partial charge in [-0.2, -0.15) is 11.8 Å². The molecule has 1 saturated carbocycles. The Labute approximate surface area is 165 Å². The molecule has 0 saturated heterocycles. The first-order valence-corrected chi connectivity index (χ1v) is 11.1. The van der Waals surface area contributed by atoms with Gasteiger partial charge in [-0.15, -0.1) is 0 Å². The number of hydrogen-bond donors (Lipinski definition) is 1. The molecule has 1 aliphatic heterocycles. The van der Waals surface area contributed by atoms with E-state index in [0.717, 1.165) is 25.0 Å². The summed E-state index contributed by atoms with van der Waals surface area (Å²) in [7, 11) is 0. The van der Waals surface area contributed by atoms with E-state index in [0.29, 0.717) is 35.4 Å². The summed E-state index contributed by atoms with van der Waals surface area (Å²) in [5.74, 6) is 1.66. The van der Waals surface area contributed by atoms with Gasteiger partial charge in [-0.1, -0.05) is 31.9 Å². The largest absolute Gasteiger partial charge is 0.352 e. The smallest absolute Gasteiger partial charge is 0.261 e. The van der Waals surface area contributed by atoms with E-state index in [4.69, 9.17) is 0 Å². The molecule has 2 unspecified atom stereocenters. The third-order valence-corrected chi connectivity index (χ3v) is 6.53. The number of nitrogens with zero attached hydrogens (tertiary/aromatic N) is 1. The first-order valence-electron chi connectivity index (χ1n) is 9.90. The molecule has 0 spiro atoms. The van der Waals surface area contributed by atoms with E-state index in [1.54, 1.807) is 36.0 Å². The molecule has 146 valence electrons. The van der Waals surface area contributed by atoms with Crippen LogP contribution in [-0.2, 0) is 4.79 Å². The predicted octanol–water partition coefficient (Wildman–Crippen LogP) is 3.49. The lowest BCUT2D eigenvalue weighted by Crippen LogP contribution is -2.41. The first kappa shape index (κ1) is 19.9. The average Bonchev–Trinajstić information content (AvgIpc) is 2.91. The van der Waals surface area contributed by atoms with Crippen molar-refractivity contribution < 1.29 is 14.4 Å². The highest BCUT2D eigenvalue weighted by atomic mass is 32.2. The number of imide groups is 1. The van der Waals surface area contributed by atoms with Crippen molar-refractivity contribution in [2.75, 3.05) is 18.1 Å². The van der Waals surface area contributed by atoms with Gasteiger partial charge in [0.2, 0.25) is 5.91 Å². The Morgan fingerprint density at radius 1 is 1.11 bits per heavy atom. The number of carbonyl (C=O) groups is 3. The predicted molar refractivity (Wildman–Crippen MR) is 108 cm³/mol. The second kappa shape index (κ2) is 9.40. The SMILES string of the molecule is CC1CCCCC1NC(=O)CSCCCCN1C(=O)c2ccccc2C1=O. The van der Waals surface area contributed by atoms with Crippen LogP contribution in [-0.4, -0.2) is 46.7 Å². The molecule has 0 aromatic heterocycles. The standard InChI is InChI=1S/C21H28N2O3S/c1-15-8-2-5-11-18(15)22-19(24)14-27-13-7-6-12-23-20(25)16-9-3-4-10-17(16)21(23)26/h3-4,9-10,15,18H,2,5-8,11-14H2,1H3,(H,22,24). The van der Waals surface area contributed by atoms with Gasteiger partial charge in [0.15, 0.2) is 0 Å². The van der Waals surface area contributed by atoms with Gasteiger partial charge in [-0.3, -0.25) is 19.3 Å². The van der Waals surface area contributed by atoms with Crippen molar-refractivity contribution in [3.05, 3.63) is 35.4 Å². The van der Waals surface area contributed by atoms with E-state index in [9.17, 15) is 14.4 Å². The third kappa shape index (κ3) is 4.92. The lowest BCUT2D eigenvalue weighted by Gasteiger charge is -2.29. The first-order chi connectivity index (χ1) is 13.1. The molecule has 1 N–H and O–H groups in total. The van der Waals surface area contributed by atoms with Crippen LogP contribution in [0.15, 0.2) is 24.3 Å². The van der Waals surface area contributed by atoms with Crippen LogP contribution < -0.4 is 5.32 Å². The molecule has 3 amide bonds. The zero-order valence-electron chi connectivity index (χ0n) is 15.9. The third-order valence-electron chi connectivity index (χ3n) is 5.49. The van der Waals surface area contributed by atoms with Gasteiger partial charge in [0, 0.05) is 12.6 Å². The molecule has 0 bridgehead atoms. The van der Waals surface area contributed by atoms with Crippen LogP contribution in [0.1, 0.15) is 66.2 Å². The van der Waals surface area contributed by atoms with Crippen molar-refractivity contribution in [1.29, 1.82) is 0 Å². The fourth-order valence-corrected chi connectivity index (χ4v) is 4.68. The summed E-state index contributed by atoms with van der Waals surface area (Å²) in [6.45, 7) is 2.66. The van der Waals surface area contributed by atoms with E-state index in [1.165, 1.54) is 24.2 Å². The lowest BCUT2D eigenvalue weighted by molar-refractivity contribution is -0.119. The van der Waals surface area contributed by atoms with Crippen LogP contribution in [0.3, 0.4) is 0 Å². The van der Waals surface area contributed by atoms with Gasteiger partial charge in [-0.25, -0.2) is 0 Å². The highest BCUT2D eigenvalue weighted by molar-refractivity contribution is 7.99. The molecule has 1 heterocycles. The summed E-state index contributed by atoms with van der Waals surface area (Å²) in [5, 5.41) is 3.17. The number of thioether (sulfide) groups is 1. The molecule has 1 aromatic rings. The second-order valence-corrected chi connectivity index (χ2v) is 8.61. The highest BCUT2D eigenvalue weighted by Gasteiger charge is 2.34. The normalized spacial score (nSPS) is 22.0. The number of hydrogen-bond acceptors (Lipinski definition) is 4. The molecule has 1 fully saturated rings. The number of benzene rings is 1. The Hall–Kier alpha value is -1.82. The minimum absolute atomic E-state index is 0.124. The van der Waals surface area contributed by atoms with Crippen molar-refractivity contribution in [2.24, 2.45) is 5.92 Å². The number of fused-ring (bicyclic) bond motifs is 1. The van der Waals surface area contributed by atoms with Crippen LogP contribution in [0, 0.1) is 5.92 Å².